The Balaban J connectivity index is 2.05. The van der Waals surface area contributed by atoms with Crippen molar-refractivity contribution in [2.24, 2.45) is 0 Å². The number of hydrogen-bond donors (Lipinski definition) is 1. The molecule has 0 saturated heterocycles. The van der Waals surface area contributed by atoms with Crippen LogP contribution in [0.25, 0.3) is 0 Å². The predicted octanol–water partition coefficient (Wildman–Crippen LogP) is 1.78. The molecule has 1 N–H and O–H groups in total. The van der Waals surface area contributed by atoms with Crippen LogP contribution in [0.4, 0.5) is 11.4 Å². The molecule has 9 nitrogen and oxygen atoms in total. The monoisotopic (exact) mass is 318 g/mol. The van der Waals surface area contributed by atoms with E-state index in [1.54, 1.807) is 19.1 Å². The van der Waals surface area contributed by atoms with Crippen molar-refractivity contribution in [2.45, 2.75) is 13.0 Å². The fourth-order valence-corrected chi connectivity index (χ4v) is 1.81. The van der Waals surface area contributed by atoms with Gasteiger partial charge < -0.3 is 10.1 Å². The summed E-state index contributed by atoms with van der Waals surface area (Å²) in [5.41, 5.74) is 0.657. The number of ether oxygens (including phenoxy) is 1. The van der Waals surface area contributed by atoms with E-state index in [1.165, 1.54) is 30.1 Å². The van der Waals surface area contributed by atoms with Gasteiger partial charge in [-0.2, -0.15) is 5.10 Å². The molecule has 0 aliphatic heterocycles. The minimum absolute atomic E-state index is 0.188. The normalized spacial score (nSPS) is 11.6. The van der Waals surface area contributed by atoms with E-state index in [4.69, 9.17) is 0 Å². The van der Waals surface area contributed by atoms with Crippen LogP contribution in [-0.2, 0) is 9.53 Å². The topological polar surface area (TPSA) is 116 Å². The number of nitro groups is 1. The standard InChI is InChI=1S/C14H14N4O5/c1-9(17-8-12(7-15-17)18(21)22)13(19)16-11-5-3-10(4-6-11)14(20)23-2/h3-9H,1-2H3,(H,16,19). The molecule has 2 rings (SSSR count). The Morgan fingerprint density at radius 3 is 2.52 bits per heavy atom. The number of rotatable bonds is 5. The fourth-order valence-electron chi connectivity index (χ4n) is 1.81. The van der Waals surface area contributed by atoms with Crippen molar-refractivity contribution in [3.8, 4) is 0 Å². The summed E-state index contributed by atoms with van der Waals surface area (Å²) in [7, 11) is 1.28. The van der Waals surface area contributed by atoms with E-state index >= 15 is 0 Å². The highest BCUT2D eigenvalue weighted by Crippen LogP contribution is 2.16. The van der Waals surface area contributed by atoms with Gasteiger partial charge in [0.15, 0.2) is 0 Å². The van der Waals surface area contributed by atoms with Crippen molar-refractivity contribution in [1.82, 2.24) is 9.78 Å². The van der Waals surface area contributed by atoms with Gasteiger partial charge in [-0.05, 0) is 31.2 Å². The summed E-state index contributed by atoms with van der Waals surface area (Å²) in [5.74, 6) is -0.867. The number of carbonyl (C=O) groups is 2. The van der Waals surface area contributed by atoms with Gasteiger partial charge in [0, 0.05) is 5.69 Å². The summed E-state index contributed by atoms with van der Waals surface area (Å²) < 4.78 is 5.79. The number of aromatic nitrogens is 2. The zero-order valence-electron chi connectivity index (χ0n) is 12.4. The maximum atomic E-state index is 12.1. The van der Waals surface area contributed by atoms with Gasteiger partial charge in [0.1, 0.15) is 18.4 Å². The van der Waals surface area contributed by atoms with E-state index in [2.05, 4.69) is 15.2 Å². The minimum atomic E-state index is -0.732. The lowest BCUT2D eigenvalue weighted by Crippen LogP contribution is -2.24. The summed E-state index contributed by atoms with van der Waals surface area (Å²) in [6, 6.07) is 5.42. The van der Waals surface area contributed by atoms with Crippen LogP contribution < -0.4 is 5.32 Å². The highest BCUT2D eigenvalue weighted by Gasteiger charge is 2.19. The molecule has 0 saturated carbocycles. The first kappa shape index (κ1) is 16.1. The van der Waals surface area contributed by atoms with Crippen LogP contribution in [0.15, 0.2) is 36.7 Å². The molecule has 1 amide bonds. The number of methoxy groups -OCH3 is 1. The van der Waals surface area contributed by atoms with Gasteiger partial charge >= 0.3 is 11.7 Å². The quantitative estimate of drug-likeness (QED) is 0.510. The van der Waals surface area contributed by atoms with Crippen molar-refractivity contribution in [2.75, 3.05) is 12.4 Å². The van der Waals surface area contributed by atoms with Gasteiger partial charge in [0.25, 0.3) is 0 Å². The largest absolute Gasteiger partial charge is 0.465 e. The summed E-state index contributed by atoms with van der Waals surface area (Å²) in [5, 5.41) is 17.1. The van der Waals surface area contributed by atoms with E-state index in [-0.39, 0.29) is 5.69 Å². The molecule has 0 bridgehead atoms. The van der Waals surface area contributed by atoms with Crippen molar-refractivity contribution < 1.29 is 19.2 Å². The number of hydrogen-bond acceptors (Lipinski definition) is 6. The zero-order chi connectivity index (χ0) is 17.0. The van der Waals surface area contributed by atoms with E-state index in [9.17, 15) is 19.7 Å². The van der Waals surface area contributed by atoms with Crippen LogP contribution in [-0.4, -0.2) is 33.7 Å². The van der Waals surface area contributed by atoms with Crippen LogP contribution >= 0.6 is 0 Å². The van der Waals surface area contributed by atoms with Crippen LogP contribution in [0, 0.1) is 10.1 Å². The van der Waals surface area contributed by atoms with Gasteiger partial charge in [-0.25, -0.2) is 4.79 Å². The van der Waals surface area contributed by atoms with E-state index in [0.29, 0.717) is 11.3 Å². The summed E-state index contributed by atoms with van der Waals surface area (Å²) in [6.45, 7) is 1.56. The number of nitrogens with one attached hydrogen (secondary N) is 1. The Labute approximate surface area is 131 Å². The third-order valence-electron chi connectivity index (χ3n) is 3.15. The Kier molecular flexibility index (Phi) is 4.69. The SMILES string of the molecule is COC(=O)c1ccc(NC(=O)C(C)n2cc([N+](=O)[O-])cn2)cc1. The number of benzene rings is 1. The maximum Gasteiger partial charge on any atom is 0.337 e. The van der Waals surface area contributed by atoms with Gasteiger partial charge in [-0.3, -0.25) is 19.6 Å². The molecule has 1 atom stereocenters. The first-order chi connectivity index (χ1) is 10.9. The van der Waals surface area contributed by atoms with Crippen molar-refractivity contribution in [3.63, 3.8) is 0 Å². The Morgan fingerprint density at radius 2 is 2.00 bits per heavy atom. The number of nitrogens with zero attached hydrogens (tertiary/aromatic N) is 3. The van der Waals surface area contributed by atoms with Crippen LogP contribution in [0.5, 0.6) is 0 Å². The highest BCUT2D eigenvalue weighted by molar-refractivity contribution is 5.94. The molecule has 0 spiro atoms. The van der Waals surface area contributed by atoms with Crippen molar-refractivity contribution in [1.29, 1.82) is 0 Å². The zero-order valence-corrected chi connectivity index (χ0v) is 12.4. The van der Waals surface area contributed by atoms with Gasteiger partial charge in [-0.15, -0.1) is 0 Å². The first-order valence-electron chi connectivity index (χ1n) is 6.60. The minimum Gasteiger partial charge on any atom is -0.465 e. The molecule has 1 heterocycles. The second-order valence-electron chi connectivity index (χ2n) is 4.67. The number of carbonyl (C=O) groups excluding carboxylic acids is 2. The smallest absolute Gasteiger partial charge is 0.337 e. The molecule has 23 heavy (non-hydrogen) atoms. The predicted molar refractivity (Wildman–Crippen MR) is 80.0 cm³/mol. The second kappa shape index (κ2) is 6.69. The average molecular weight is 318 g/mol. The molecule has 120 valence electrons. The molecule has 2 aromatic rings. The van der Waals surface area contributed by atoms with E-state index in [1.807, 2.05) is 0 Å². The molecule has 0 fully saturated rings. The maximum absolute atomic E-state index is 12.1. The first-order valence-corrected chi connectivity index (χ1v) is 6.60. The average Bonchev–Trinajstić information content (AvgIpc) is 3.04. The van der Waals surface area contributed by atoms with E-state index < -0.39 is 22.8 Å². The van der Waals surface area contributed by atoms with Gasteiger partial charge in [0.2, 0.25) is 5.91 Å². The van der Waals surface area contributed by atoms with E-state index in [0.717, 1.165) is 6.20 Å². The Bertz CT molecular complexity index is 738. The van der Waals surface area contributed by atoms with Crippen LogP contribution in [0.1, 0.15) is 23.3 Å². The third-order valence-corrected chi connectivity index (χ3v) is 3.15. The molecular weight excluding hydrogens is 304 g/mol. The van der Waals surface area contributed by atoms with Crippen molar-refractivity contribution in [3.05, 3.63) is 52.3 Å². The molecule has 1 aromatic carbocycles. The molecule has 9 heteroatoms. The molecular formula is C14H14N4O5. The lowest BCUT2D eigenvalue weighted by atomic mass is 10.2. The Morgan fingerprint density at radius 1 is 1.35 bits per heavy atom. The van der Waals surface area contributed by atoms with Gasteiger partial charge in [-0.1, -0.05) is 0 Å². The second-order valence-corrected chi connectivity index (χ2v) is 4.67. The lowest BCUT2D eigenvalue weighted by molar-refractivity contribution is -0.385. The van der Waals surface area contributed by atoms with Crippen LogP contribution in [0.3, 0.4) is 0 Å². The summed E-state index contributed by atoms with van der Waals surface area (Å²) in [6.07, 6.45) is 2.26. The van der Waals surface area contributed by atoms with Gasteiger partial charge in [0.05, 0.1) is 17.6 Å². The third kappa shape index (κ3) is 3.70. The lowest BCUT2D eigenvalue weighted by Gasteiger charge is -2.12. The molecule has 1 unspecified atom stereocenters. The summed E-state index contributed by atoms with van der Waals surface area (Å²) in [4.78, 5) is 33.5. The molecule has 1 aromatic heterocycles. The Hall–Kier alpha value is -3.23. The molecule has 0 aliphatic carbocycles. The fraction of sp³-hybridized carbons (Fsp3) is 0.214. The number of esters is 1. The highest BCUT2D eigenvalue weighted by atomic mass is 16.6. The van der Waals surface area contributed by atoms with Crippen LogP contribution in [0.2, 0.25) is 0 Å². The molecule has 0 radical (unpaired) electrons. The number of amides is 1. The number of anilines is 1. The summed E-state index contributed by atoms with van der Waals surface area (Å²) >= 11 is 0. The van der Waals surface area contributed by atoms with Crippen molar-refractivity contribution >= 4 is 23.3 Å². The molecule has 0 aliphatic rings.